The summed E-state index contributed by atoms with van der Waals surface area (Å²) in [6.45, 7) is 3.10. The second-order valence-electron chi connectivity index (χ2n) is 6.16. The van der Waals surface area contributed by atoms with Gasteiger partial charge in [0, 0.05) is 23.3 Å². The van der Waals surface area contributed by atoms with E-state index in [2.05, 4.69) is 4.98 Å². The molecule has 140 valence electrons. The summed E-state index contributed by atoms with van der Waals surface area (Å²) in [5.41, 5.74) is 0.946. The molecule has 0 unspecified atom stereocenters. The van der Waals surface area contributed by atoms with E-state index in [1.165, 1.54) is 0 Å². The molecular weight excluding hydrogens is 380 g/mol. The Hall–Kier alpha value is -2.22. The molecule has 0 atom stereocenters. The van der Waals surface area contributed by atoms with Gasteiger partial charge in [0.2, 0.25) is 5.91 Å². The molecule has 3 aromatic rings. The highest BCUT2D eigenvalue weighted by Crippen LogP contribution is 2.30. The Morgan fingerprint density at radius 2 is 1.96 bits per heavy atom. The highest BCUT2D eigenvalue weighted by Gasteiger charge is 2.18. The predicted molar refractivity (Wildman–Crippen MR) is 107 cm³/mol. The summed E-state index contributed by atoms with van der Waals surface area (Å²) < 4.78 is 11.1. The zero-order chi connectivity index (χ0) is 18.5. The lowest BCUT2D eigenvalue weighted by atomic mass is 10.3. The van der Waals surface area contributed by atoms with Gasteiger partial charge in [-0.2, -0.15) is 0 Å². The zero-order valence-electron chi connectivity index (χ0n) is 14.8. The minimum absolute atomic E-state index is 0.168. The molecule has 0 N–H and O–H groups in total. The molecule has 1 amide bonds. The second kappa shape index (κ2) is 8.65. The molecule has 4 rings (SSSR count). The molecule has 1 aliphatic heterocycles. The van der Waals surface area contributed by atoms with Crippen molar-refractivity contribution in [1.82, 2.24) is 9.88 Å². The van der Waals surface area contributed by atoms with Gasteiger partial charge in [0.05, 0.1) is 30.2 Å². The van der Waals surface area contributed by atoms with Crippen LogP contribution in [0.1, 0.15) is 9.88 Å². The highest BCUT2D eigenvalue weighted by molar-refractivity contribution is 7.16. The first-order valence-corrected chi connectivity index (χ1v) is 10.5. The minimum atomic E-state index is 0.168. The lowest BCUT2D eigenvalue weighted by Gasteiger charge is -2.26. The number of thiophene rings is 1. The number of hydrogen-bond donors (Lipinski definition) is 0. The van der Waals surface area contributed by atoms with Crippen molar-refractivity contribution in [3.8, 4) is 16.3 Å². The molecule has 0 saturated carbocycles. The van der Waals surface area contributed by atoms with E-state index in [9.17, 15) is 4.79 Å². The maximum absolute atomic E-state index is 12.4. The van der Waals surface area contributed by atoms with E-state index in [-0.39, 0.29) is 5.91 Å². The van der Waals surface area contributed by atoms with E-state index < -0.39 is 0 Å². The molecule has 0 aliphatic carbocycles. The standard InChI is InChI=1S/C20H20N2O3S2/c23-20(22-8-10-24-11-9-22)12-16-6-7-18(27-16)17-14-26-19(21-17)13-25-15-4-2-1-3-5-15/h1-7,14H,8-13H2. The number of aromatic nitrogens is 1. The van der Waals surface area contributed by atoms with Gasteiger partial charge in [-0.05, 0) is 24.3 Å². The SMILES string of the molecule is O=C(Cc1ccc(-c2csc(COc3ccccc3)n2)s1)N1CCOCC1. The molecular formula is C20H20N2O3S2. The van der Waals surface area contributed by atoms with Crippen LogP contribution in [0.3, 0.4) is 0 Å². The normalized spacial score (nSPS) is 14.3. The molecule has 7 heteroatoms. The number of thiazole rings is 1. The molecule has 1 saturated heterocycles. The number of nitrogens with zero attached hydrogens (tertiary/aromatic N) is 2. The Labute approximate surface area is 166 Å². The zero-order valence-corrected chi connectivity index (χ0v) is 16.4. The molecule has 0 bridgehead atoms. The van der Waals surface area contributed by atoms with Crippen LogP contribution in [0, 0.1) is 0 Å². The third-order valence-corrected chi connectivity index (χ3v) is 6.19. The van der Waals surface area contributed by atoms with Crippen LogP contribution in [0.25, 0.3) is 10.6 Å². The fourth-order valence-corrected chi connectivity index (χ4v) is 4.58. The van der Waals surface area contributed by atoms with Gasteiger partial charge < -0.3 is 14.4 Å². The number of amides is 1. The Kier molecular flexibility index (Phi) is 5.81. The maximum atomic E-state index is 12.4. The number of rotatable bonds is 6. The molecule has 1 aliphatic rings. The molecule has 2 aromatic heterocycles. The van der Waals surface area contributed by atoms with Crippen LogP contribution in [0.15, 0.2) is 47.8 Å². The quantitative estimate of drug-likeness (QED) is 0.631. The predicted octanol–water partition coefficient (Wildman–Crippen LogP) is 3.85. The van der Waals surface area contributed by atoms with Gasteiger partial charge in [-0.15, -0.1) is 22.7 Å². The van der Waals surface area contributed by atoms with Gasteiger partial charge in [0.15, 0.2) is 0 Å². The molecule has 3 heterocycles. The summed E-state index contributed by atoms with van der Waals surface area (Å²) in [6.07, 6.45) is 0.443. The minimum Gasteiger partial charge on any atom is -0.486 e. The van der Waals surface area contributed by atoms with E-state index >= 15 is 0 Å². The van der Waals surface area contributed by atoms with Crippen molar-refractivity contribution in [2.75, 3.05) is 26.3 Å². The third-order valence-electron chi connectivity index (χ3n) is 4.26. The van der Waals surface area contributed by atoms with Gasteiger partial charge in [-0.25, -0.2) is 4.98 Å². The van der Waals surface area contributed by atoms with Crippen molar-refractivity contribution in [3.05, 3.63) is 57.7 Å². The van der Waals surface area contributed by atoms with E-state index in [4.69, 9.17) is 9.47 Å². The third kappa shape index (κ3) is 4.74. The number of para-hydroxylation sites is 1. The van der Waals surface area contributed by atoms with Crippen LogP contribution in [-0.2, 0) is 22.6 Å². The fourth-order valence-electron chi connectivity index (χ4n) is 2.84. The van der Waals surface area contributed by atoms with Crippen LogP contribution in [0.2, 0.25) is 0 Å². The van der Waals surface area contributed by atoms with Crippen LogP contribution in [0.4, 0.5) is 0 Å². The number of hydrogen-bond acceptors (Lipinski definition) is 6. The van der Waals surface area contributed by atoms with Crippen molar-refractivity contribution in [2.24, 2.45) is 0 Å². The average molecular weight is 401 g/mol. The summed E-state index contributed by atoms with van der Waals surface area (Å²) in [6, 6.07) is 13.8. The van der Waals surface area contributed by atoms with E-state index in [1.54, 1.807) is 22.7 Å². The van der Waals surface area contributed by atoms with Crippen molar-refractivity contribution in [2.45, 2.75) is 13.0 Å². The molecule has 5 nitrogen and oxygen atoms in total. The maximum Gasteiger partial charge on any atom is 0.227 e. The van der Waals surface area contributed by atoms with Crippen LogP contribution in [0.5, 0.6) is 5.75 Å². The topological polar surface area (TPSA) is 51.7 Å². The van der Waals surface area contributed by atoms with Gasteiger partial charge in [0.25, 0.3) is 0 Å². The number of carbonyl (C=O) groups is 1. The van der Waals surface area contributed by atoms with Crippen molar-refractivity contribution < 1.29 is 14.3 Å². The van der Waals surface area contributed by atoms with E-state index in [1.807, 2.05) is 52.7 Å². The lowest BCUT2D eigenvalue weighted by Crippen LogP contribution is -2.41. The summed E-state index contributed by atoms with van der Waals surface area (Å²) in [5, 5.41) is 2.98. The highest BCUT2D eigenvalue weighted by atomic mass is 32.1. The monoisotopic (exact) mass is 400 g/mol. The summed E-state index contributed by atoms with van der Waals surface area (Å²) >= 11 is 3.22. The second-order valence-corrected chi connectivity index (χ2v) is 8.28. The smallest absolute Gasteiger partial charge is 0.227 e. The first kappa shape index (κ1) is 18.2. The molecule has 1 aromatic carbocycles. The van der Waals surface area contributed by atoms with Crippen LogP contribution >= 0.6 is 22.7 Å². The summed E-state index contributed by atoms with van der Waals surface area (Å²) in [5.74, 6) is 1.01. The fraction of sp³-hybridized carbons (Fsp3) is 0.300. The van der Waals surface area contributed by atoms with Crippen LogP contribution in [-0.4, -0.2) is 42.1 Å². The molecule has 1 fully saturated rings. The summed E-state index contributed by atoms with van der Waals surface area (Å²) in [7, 11) is 0. The Morgan fingerprint density at radius 3 is 2.78 bits per heavy atom. The summed E-state index contributed by atoms with van der Waals surface area (Å²) in [4.78, 5) is 21.1. The first-order chi connectivity index (χ1) is 13.3. The number of carbonyl (C=O) groups excluding carboxylic acids is 1. The largest absolute Gasteiger partial charge is 0.486 e. The van der Waals surface area contributed by atoms with E-state index in [0.717, 1.165) is 26.2 Å². The Balaban J connectivity index is 1.35. The average Bonchev–Trinajstić information content (AvgIpc) is 3.37. The lowest BCUT2D eigenvalue weighted by molar-refractivity contribution is -0.134. The first-order valence-electron chi connectivity index (χ1n) is 8.85. The van der Waals surface area contributed by atoms with Gasteiger partial charge >= 0.3 is 0 Å². The van der Waals surface area contributed by atoms with E-state index in [0.29, 0.717) is 39.3 Å². The van der Waals surface area contributed by atoms with Gasteiger partial charge in [0.1, 0.15) is 17.4 Å². The Morgan fingerprint density at radius 1 is 1.15 bits per heavy atom. The number of benzene rings is 1. The van der Waals surface area contributed by atoms with Gasteiger partial charge in [-0.3, -0.25) is 4.79 Å². The number of ether oxygens (including phenoxy) is 2. The van der Waals surface area contributed by atoms with Crippen molar-refractivity contribution in [3.63, 3.8) is 0 Å². The van der Waals surface area contributed by atoms with Crippen molar-refractivity contribution in [1.29, 1.82) is 0 Å². The molecule has 0 spiro atoms. The molecule has 27 heavy (non-hydrogen) atoms. The Bertz CT molecular complexity index is 886. The number of morpholine rings is 1. The van der Waals surface area contributed by atoms with Gasteiger partial charge in [-0.1, -0.05) is 18.2 Å². The molecule has 0 radical (unpaired) electrons. The van der Waals surface area contributed by atoms with Crippen molar-refractivity contribution >= 4 is 28.6 Å². The van der Waals surface area contributed by atoms with Crippen LogP contribution < -0.4 is 4.74 Å².